The van der Waals surface area contributed by atoms with E-state index in [1.807, 2.05) is 0 Å². The molecule has 0 aromatic carbocycles. The van der Waals surface area contributed by atoms with Crippen LogP contribution in [0.1, 0.15) is 72.6 Å². The van der Waals surface area contributed by atoms with Gasteiger partial charge in [0.2, 0.25) is 0 Å². The van der Waals surface area contributed by atoms with E-state index < -0.39 is 0 Å². The van der Waals surface area contributed by atoms with Crippen molar-refractivity contribution in [2.24, 2.45) is 23.7 Å². The van der Waals surface area contributed by atoms with Gasteiger partial charge >= 0.3 is 0 Å². The van der Waals surface area contributed by atoms with Crippen LogP contribution in [0.15, 0.2) is 0 Å². The lowest BCUT2D eigenvalue weighted by Gasteiger charge is -2.25. The normalized spacial score (nSPS) is 42.1. The molecule has 6 unspecified atom stereocenters. The molecule has 0 aromatic heterocycles. The summed E-state index contributed by atoms with van der Waals surface area (Å²) in [5.41, 5.74) is 0. The largest absolute Gasteiger partial charge is 0.379 e. The summed E-state index contributed by atoms with van der Waals surface area (Å²) in [7, 11) is 2.17. The predicted octanol–water partition coefficient (Wildman–Crippen LogP) is 3.79. The zero-order valence-electron chi connectivity index (χ0n) is 17.1. The van der Waals surface area contributed by atoms with Crippen LogP contribution in [0, 0.1) is 23.7 Å². The van der Waals surface area contributed by atoms with Gasteiger partial charge in [0, 0.05) is 6.00 Å². The maximum atomic E-state index is 6.51. The molecule has 2 aliphatic carbocycles. The Morgan fingerprint density at radius 3 is 2.08 bits per heavy atom. The van der Waals surface area contributed by atoms with Crippen molar-refractivity contribution in [2.45, 2.75) is 103 Å². The van der Waals surface area contributed by atoms with Crippen LogP contribution in [-0.2, 0) is 14.2 Å². The van der Waals surface area contributed by atoms with Gasteiger partial charge in [0.15, 0.2) is 0 Å². The molecule has 2 saturated carbocycles. The molecule has 0 aromatic rings. The minimum absolute atomic E-state index is 0.131. The van der Waals surface area contributed by atoms with Crippen molar-refractivity contribution in [3.63, 3.8) is 0 Å². The Morgan fingerprint density at radius 2 is 1.48 bits per heavy atom. The van der Waals surface area contributed by atoms with E-state index in [9.17, 15) is 0 Å². The molecule has 3 aliphatic rings. The average Bonchev–Trinajstić information content (AvgIpc) is 3.25. The van der Waals surface area contributed by atoms with Crippen LogP contribution in [0.5, 0.6) is 0 Å². The van der Waals surface area contributed by atoms with Gasteiger partial charge in [-0.1, -0.05) is 27.7 Å². The number of ether oxygens (including phenoxy) is 3. The van der Waals surface area contributed by atoms with Crippen LogP contribution in [-0.4, -0.2) is 44.9 Å². The van der Waals surface area contributed by atoms with E-state index in [1.54, 1.807) is 0 Å². The highest BCUT2D eigenvalue weighted by atomic mass is 16.6. The highest BCUT2D eigenvalue weighted by Crippen LogP contribution is 2.36. The summed E-state index contributed by atoms with van der Waals surface area (Å²) >= 11 is 0. The summed E-state index contributed by atoms with van der Waals surface area (Å²) in [5, 5.41) is 0. The molecule has 0 bridgehead atoms. The maximum absolute atomic E-state index is 6.51. The molecule has 0 amide bonds. The third kappa shape index (κ3) is 5.23. The molecule has 3 nitrogen and oxygen atoms in total. The third-order valence-electron chi connectivity index (χ3n) is 6.99. The van der Waals surface area contributed by atoms with Crippen molar-refractivity contribution in [3.05, 3.63) is 0 Å². The Balaban J connectivity index is 1.44. The van der Waals surface area contributed by atoms with Crippen molar-refractivity contribution in [3.8, 4) is 0 Å². The molecule has 1 heterocycles. The Bertz CT molecular complexity index is 414. The van der Waals surface area contributed by atoms with Gasteiger partial charge in [-0.2, -0.15) is 0 Å². The van der Waals surface area contributed by atoms with E-state index >= 15 is 0 Å². The molecular weight excluding hydrogens is 311 g/mol. The maximum Gasteiger partial charge on any atom is 0.139 e. The fraction of sp³-hybridized carbons (Fsp3) is 1.00. The quantitative estimate of drug-likeness (QED) is 0.654. The van der Waals surface area contributed by atoms with Crippen LogP contribution < -0.4 is 0 Å². The van der Waals surface area contributed by atoms with Gasteiger partial charge < -0.3 is 14.2 Å². The van der Waals surface area contributed by atoms with Gasteiger partial charge in [0.25, 0.3) is 0 Å². The molecule has 1 saturated heterocycles. The molecule has 4 heteroatoms. The summed E-state index contributed by atoms with van der Waals surface area (Å²) in [4.78, 5) is 0. The summed E-state index contributed by atoms with van der Waals surface area (Å²) in [6, 6.07) is 0.299. The van der Waals surface area contributed by atoms with Crippen molar-refractivity contribution in [2.75, 3.05) is 6.61 Å². The SMILES string of the molecule is BC1C[C@@H](OC2CCC(C(C)C)C2)C(COC2CCC(C(C)C)C2)O1. The first-order valence-electron chi connectivity index (χ1n) is 10.8. The average molecular weight is 350 g/mol. The highest BCUT2D eigenvalue weighted by molar-refractivity contribution is 6.11. The van der Waals surface area contributed by atoms with Crippen molar-refractivity contribution >= 4 is 7.85 Å². The number of rotatable bonds is 7. The van der Waals surface area contributed by atoms with Crippen LogP contribution >= 0.6 is 0 Å². The minimum Gasteiger partial charge on any atom is -0.379 e. The monoisotopic (exact) mass is 350 g/mol. The molecule has 0 N–H and O–H groups in total. The molecular formula is C21H39BO3. The lowest BCUT2D eigenvalue weighted by atomic mass is 9.94. The Kier molecular flexibility index (Phi) is 6.90. The summed E-state index contributed by atoms with van der Waals surface area (Å²) in [6.07, 6.45) is 9.80. The second-order valence-electron chi connectivity index (χ2n) is 9.61. The van der Waals surface area contributed by atoms with Crippen LogP contribution in [0.4, 0.5) is 0 Å². The molecule has 0 spiro atoms. The van der Waals surface area contributed by atoms with Gasteiger partial charge in [0.1, 0.15) is 14.0 Å². The van der Waals surface area contributed by atoms with E-state index in [4.69, 9.17) is 14.2 Å². The second kappa shape index (κ2) is 8.76. The standard InChI is InChI=1S/C21H39BO3/c1-13(2)15-5-7-17(9-15)23-12-20-19(11-21(22)25-20)24-18-8-6-16(10-18)14(3)4/h13-21H,5-12,22H2,1-4H3/t15?,16?,17?,18?,19-,20?,21?/m1/s1. The lowest BCUT2D eigenvalue weighted by Crippen LogP contribution is -2.33. The lowest BCUT2D eigenvalue weighted by molar-refractivity contribution is -0.0912. The zero-order valence-corrected chi connectivity index (χ0v) is 17.1. The molecule has 1 aliphatic heterocycles. The number of hydrogen-bond donors (Lipinski definition) is 0. The summed E-state index contributed by atoms with van der Waals surface area (Å²) in [6.45, 7) is 10.1. The summed E-state index contributed by atoms with van der Waals surface area (Å²) < 4.78 is 18.9. The van der Waals surface area contributed by atoms with Gasteiger partial charge in [-0.3, -0.25) is 0 Å². The fourth-order valence-electron chi connectivity index (χ4n) is 5.12. The van der Waals surface area contributed by atoms with E-state index in [2.05, 4.69) is 35.5 Å². The van der Waals surface area contributed by atoms with Gasteiger partial charge in [-0.05, 0) is 68.6 Å². The second-order valence-corrected chi connectivity index (χ2v) is 9.61. The van der Waals surface area contributed by atoms with Crippen molar-refractivity contribution in [1.29, 1.82) is 0 Å². The highest BCUT2D eigenvalue weighted by Gasteiger charge is 2.38. The van der Waals surface area contributed by atoms with Crippen LogP contribution in [0.25, 0.3) is 0 Å². The van der Waals surface area contributed by atoms with E-state index in [1.165, 1.54) is 38.5 Å². The van der Waals surface area contributed by atoms with Crippen molar-refractivity contribution in [1.82, 2.24) is 0 Å². The third-order valence-corrected chi connectivity index (χ3v) is 6.99. The van der Waals surface area contributed by atoms with Crippen LogP contribution in [0.3, 0.4) is 0 Å². The minimum atomic E-state index is 0.131. The van der Waals surface area contributed by atoms with E-state index in [-0.39, 0.29) is 12.2 Å². The van der Waals surface area contributed by atoms with Crippen molar-refractivity contribution < 1.29 is 14.2 Å². The van der Waals surface area contributed by atoms with E-state index in [0.29, 0.717) is 24.8 Å². The van der Waals surface area contributed by atoms with Gasteiger partial charge in [-0.15, -0.1) is 0 Å². The zero-order chi connectivity index (χ0) is 18.0. The fourth-order valence-corrected chi connectivity index (χ4v) is 5.12. The number of hydrogen-bond acceptors (Lipinski definition) is 3. The first-order valence-corrected chi connectivity index (χ1v) is 10.8. The van der Waals surface area contributed by atoms with Gasteiger partial charge in [0.05, 0.1) is 24.9 Å². The van der Waals surface area contributed by atoms with Crippen LogP contribution in [0.2, 0.25) is 0 Å². The Labute approximate surface area is 156 Å². The molecule has 7 atom stereocenters. The molecule has 144 valence electrons. The summed E-state index contributed by atoms with van der Waals surface area (Å²) in [5.74, 6) is 3.24. The first-order chi connectivity index (χ1) is 11.9. The molecule has 3 fully saturated rings. The molecule has 3 rings (SSSR count). The first kappa shape index (κ1) is 19.7. The smallest absolute Gasteiger partial charge is 0.139 e. The predicted molar refractivity (Wildman–Crippen MR) is 105 cm³/mol. The Hall–Kier alpha value is -0.0551. The topological polar surface area (TPSA) is 27.7 Å². The van der Waals surface area contributed by atoms with Gasteiger partial charge in [-0.25, -0.2) is 0 Å². The van der Waals surface area contributed by atoms with E-state index in [0.717, 1.165) is 30.1 Å². The molecule has 25 heavy (non-hydrogen) atoms. The molecule has 0 radical (unpaired) electrons. The Morgan fingerprint density at radius 1 is 0.880 bits per heavy atom.